The highest BCUT2D eigenvalue weighted by Gasteiger charge is 2.39. The van der Waals surface area contributed by atoms with Crippen molar-refractivity contribution in [2.75, 3.05) is 0 Å². The summed E-state index contributed by atoms with van der Waals surface area (Å²) in [5.74, 6) is 0.727. The van der Waals surface area contributed by atoms with Crippen molar-refractivity contribution in [3.63, 3.8) is 0 Å². The Morgan fingerprint density at radius 3 is 2.17 bits per heavy atom. The summed E-state index contributed by atoms with van der Waals surface area (Å²) in [6, 6.07) is 11.2. The molecule has 0 saturated heterocycles. The molecule has 1 saturated carbocycles. The summed E-state index contributed by atoms with van der Waals surface area (Å²) in [5.41, 5.74) is 8.33. The first-order valence-corrected chi connectivity index (χ1v) is 7.55. The minimum Gasteiger partial charge on any atom is -0.327 e. The molecule has 0 bridgehead atoms. The zero-order valence-electron chi connectivity index (χ0n) is 11.9. The van der Waals surface area contributed by atoms with Gasteiger partial charge in [-0.1, -0.05) is 57.0 Å². The van der Waals surface area contributed by atoms with Crippen LogP contribution >= 0.6 is 0 Å². The molecule has 1 aromatic carbocycles. The van der Waals surface area contributed by atoms with Gasteiger partial charge in [0.25, 0.3) is 0 Å². The van der Waals surface area contributed by atoms with Gasteiger partial charge in [0.05, 0.1) is 0 Å². The first kappa shape index (κ1) is 13.6. The quantitative estimate of drug-likeness (QED) is 0.824. The Kier molecular flexibility index (Phi) is 4.45. The van der Waals surface area contributed by atoms with Crippen LogP contribution in [-0.4, -0.2) is 6.04 Å². The van der Waals surface area contributed by atoms with E-state index in [0.29, 0.717) is 6.04 Å². The van der Waals surface area contributed by atoms with Gasteiger partial charge in [-0.15, -0.1) is 0 Å². The predicted molar refractivity (Wildman–Crippen MR) is 78.6 cm³/mol. The van der Waals surface area contributed by atoms with Crippen LogP contribution in [0.15, 0.2) is 30.3 Å². The van der Waals surface area contributed by atoms with Crippen LogP contribution < -0.4 is 5.73 Å². The van der Waals surface area contributed by atoms with Gasteiger partial charge in [0.2, 0.25) is 0 Å². The minimum atomic E-state index is 0.177. The molecule has 1 aliphatic rings. The molecule has 0 amide bonds. The summed E-state index contributed by atoms with van der Waals surface area (Å²) in [7, 11) is 0. The number of benzene rings is 1. The van der Waals surface area contributed by atoms with Gasteiger partial charge in [0, 0.05) is 11.5 Å². The topological polar surface area (TPSA) is 26.0 Å². The Balaban J connectivity index is 2.30. The molecule has 0 spiro atoms. The number of hydrogen-bond donors (Lipinski definition) is 1. The summed E-state index contributed by atoms with van der Waals surface area (Å²) in [5, 5.41) is 0. The minimum absolute atomic E-state index is 0.177. The first-order chi connectivity index (χ1) is 8.74. The van der Waals surface area contributed by atoms with E-state index in [0.717, 1.165) is 18.8 Å². The van der Waals surface area contributed by atoms with Gasteiger partial charge in [0.1, 0.15) is 0 Å². The van der Waals surface area contributed by atoms with Crippen molar-refractivity contribution in [2.24, 2.45) is 11.7 Å². The van der Waals surface area contributed by atoms with Gasteiger partial charge in [-0.05, 0) is 37.2 Å². The number of hydrogen-bond acceptors (Lipinski definition) is 1. The summed E-state index contributed by atoms with van der Waals surface area (Å²) < 4.78 is 0. The Morgan fingerprint density at radius 2 is 1.67 bits per heavy atom. The van der Waals surface area contributed by atoms with Crippen molar-refractivity contribution in [1.29, 1.82) is 0 Å². The highest BCUT2D eigenvalue weighted by Crippen LogP contribution is 2.41. The maximum Gasteiger partial charge on any atom is 0.0165 e. The van der Waals surface area contributed by atoms with E-state index in [4.69, 9.17) is 5.73 Å². The van der Waals surface area contributed by atoms with Gasteiger partial charge in [0.15, 0.2) is 0 Å². The average molecular weight is 245 g/mol. The predicted octanol–water partition coefficient (Wildman–Crippen LogP) is 4.26. The average Bonchev–Trinajstić information content (AvgIpc) is 2.96. The Morgan fingerprint density at radius 1 is 1.11 bits per heavy atom. The normalized spacial score (nSPS) is 19.1. The lowest BCUT2D eigenvalue weighted by Crippen LogP contribution is -2.48. The Labute approximate surface area is 112 Å². The zero-order chi connectivity index (χ0) is 13.0. The van der Waals surface area contributed by atoms with Crippen LogP contribution in [0.4, 0.5) is 0 Å². The number of rotatable bonds is 5. The van der Waals surface area contributed by atoms with E-state index in [1.165, 1.54) is 31.2 Å². The largest absolute Gasteiger partial charge is 0.327 e. The van der Waals surface area contributed by atoms with Crippen LogP contribution in [0.5, 0.6) is 0 Å². The molecule has 1 nitrogen and oxygen atoms in total. The van der Waals surface area contributed by atoms with Gasteiger partial charge < -0.3 is 5.73 Å². The van der Waals surface area contributed by atoms with Crippen LogP contribution in [-0.2, 0) is 5.41 Å². The van der Waals surface area contributed by atoms with E-state index >= 15 is 0 Å². The van der Waals surface area contributed by atoms with Crippen LogP contribution in [0.25, 0.3) is 0 Å². The van der Waals surface area contributed by atoms with Crippen molar-refractivity contribution < 1.29 is 0 Å². The molecule has 0 aliphatic heterocycles. The monoisotopic (exact) mass is 245 g/mol. The highest BCUT2D eigenvalue weighted by atomic mass is 14.7. The SMILES string of the molecule is CCC(CC)(c1ccccc1)C(N)C1CCCC1. The summed E-state index contributed by atoms with van der Waals surface area (Å²) >= 11 is 0. The van der Waals surface area contributed by atoms with E-state index in [1.807, 2.05) is 0 Å². The smallest absolute Gasteiger partial charge is 0.0165 e. The first-order valence-electron chi connectivity index (χ1n) is 7.55. The molecular weight excluding hydrogens is 218 g/mol. The van der Waals surface area contributed by atoms with Gasteiger partial charge >= 0.3 is 0 Å². The van der Waals surface area contributed by atoms with E-state index in [2.05, 4.69) is 44.2 Å². The van der Waals surface area contributed by atoms with Crippen LogP contribution in [0.2, 0.25) is 0 Å². The maximum atomic E-state index is 6.71. The van der Waals surface area contributed by atoms with Crippen LogP contribution in [0.1, 0.15) is 57.9 Å². The number of nitrogens with two attached hydrogens (primary N) is 1. The molecule has 1 unspecified atom stereocenters. The molecule has 1 fully saturated rings. The molecule has 1 aliphatic carbocycles. The van der Waals surface area contributed by atoms with Gasteiger partial charge in [-0.2, -0.15) is 0 Å². The molecule has 100 valence electrons. The van der Waals surface area contributed by atoms with Gasteiger partial charge in [-0.3, -0.25) is 0 Å². The molecule has 0 heterocycles. The molecule has 2 rings (SSSR count). The fourth-order valence-electron chi connectivity index (χ4n) is 3.86. The summed E-state index contributed by atoms with van der Waals surface area (Å²) in [6.07, 6.45) is 7.69. The van der Waals surface area contributed by atoms with E-state index in [-0.39, 0.29) is 5.41 Å². The Bertz CT molecular complexity index is 347. The second-order valence-corrected chi connectivity index (χ2v) is 5.80. The molecule has 0 aromatic heterocycles. The molecule has 0 radical (unpaired) electrons. The lowest BCUT2D eigenvalue weighted by atomic mass is 9.66. The van der Waals surface area contributed by atoms with Crippen LogP contribution in [0, 0.1) is 5.92 Å². The van der Waals surface area contributed by atoms with Crippen molar-refractivity contribution in [2.45, 2.75) is 63.8 Å². The fourth-order valence-corrected chi connectivity index (χ4v) is 3.86. The standard InChI is InChI=1S/C17H27N/c1-3-17(4-2,15-12-6-5-7-13-15)16(18)14-10-8-9-11-14/h5-7,12-14,16H,3-4,8-11,18H2,1-2H3. The molecule has 1 atom stereocenters. The molecular formula is C17H27N. The summed E-state index contributed by atoms with van der Waals surface area (Å²) in [4.78, 5) is 0. The third-order valence-electron chi connectivity index (χ3n) is 5.16. The van der Waals surface area contributed by atoms with Crippen molar-refractivity contribution >= 4 is 0 Å². The van der Waals surface area contributed by atoms with Gasteiger partial charge in [-0.25, -0.2) is 0 Å². The van der Waals surface area contributed by atoms with Crippen molar-refractivity contribution in [3.05, 3.63) is 35.9 Å². The fraction of sp³-hybridized carbons (Fsp3) is 0.647. The summed E-state index contributed by atoms with van der Waals surface area (Å²) in [6.45, 7) is 4.59. The van der Waals surface area contributed by atoms with Crippen LogP contribution in [0.3, 0.4) is 0 Å². The van der Waals surface area contributed by atoms with E-state index in [9.17, 15) is 0 Å². The third kappa shape index (κ3) is 2.33. The zero-order valence-corrected chi connectivity index (χ0v) is 11.9. The molecule has 1 heteroatoms. The van der Waals surface area contributed by atoms with Crippen molar-refractivity contribution in [3.8, 4) is 0 Å². The lowest BCUT2D eigenvalue weighted by molar-refractivity contribution is 0.243. The van der Waals surface area contributed by atoms with E-state index in [1.54, 1.807) is 0 Å². The third-order valence-corrected chi connectivity index (χ3v) is 5.16. The van der Waals surface area contributed by atoms with E-state index < -0.39 is 0 Å². The molecule has 18 heavy (non-hydrogen) atoms. The molecule has 2 N–H and O–H groups in total. The lowest BCUT2D eigenvalue weighted by Gasteiger charge is -2.41. The maximum absolute atomic E-state index is 6.71. The second kappa shape index (κ2) is 5.88. The highest BCUT2D eigenvalue weighted by molar-refractivity contribution is 5.28. The Hall–Kier alpha value is -0.820. The van der Waals surface area contributed by atoms with Crippen molar-refractivity contribution in [1.82, 2.24) is 0 Å². The molecule has 1 aromatic rings. The second-order valence-electron chi connectivity index (χ2n) is 5.80.